The summed E-state index contributed by atoms with van der Waals surface area (Å²) in [4.78, 5) is 12.2. The van der Waals surface area contributed by atoms with Gasteiger partial charge in [0.05, 0.1) is 6.07 Å². The number of carbonyl (C=O) groups excluding carboxylic acids is 1. The molecule has 0 saturated heterocycles. The van der Waals surface area contributed by atoms with E-state index in [9.17, 15) is 4.79 Å². The van der Waals surface area contributed by atoms with Crippen molar-refractivity contribution in [2.24, 2.45) is 5.41 Å². The molecule has 88 valence electrons. The van der Waals surface area contributed by atoms with Crippen molar-refractivity contribution in [2.75, 3.05) is 0 Å². The fourth-order valence-corrected chi connectivity index (χ4v) is 2.30. The molecule has 2 aromatic carbocycles. The van der Waals surface area contributed by atoms with Crippen molar-refractivity contribution < 1.29 is 4.79 Å². The molecule has 0 unspecified atom stereocenters. The van der Waals surface area contributed by atoms with E-state index >= 15 is 0 Å². The van der Waals surface area contributed by atoms with Gasteiger partial charge < -0.3 is 0 Å². The smallest absolute Gasteiger partial charge is 0.183 e. The lowest BCUT2D eigenvalue weighted by atomic mass is 9.94. The van der Waals surface area contributed by atoms with Crippen molar-refractivity contribution >= 4 is 16.6 Å². The Labute approximate surface area is 106 Å². The van der Waals surface area contributed by atoms with Gasteiger partial charge in [-0.05, 0) is 36.6 Å². The average Bonchev–Trinajstić information content (AvgIpc) is 3.18. The summed E-state index contributed by atoms with van der Waals surface area (Å²) in [5.41, 5.74) is 1.14. The molecule has 0 atom stereocenters. The molecule has 0 heterocycles. The van der Waals surface area contributed by atoms with Crippen LogP contribution in [0.2, 0.25) is 0 Å². The summed E-state index contributed by atoms with van der Waals surface area (Å²) in [5.74, 6) is -0.0209. The number of hydrogen-bond acceptors (Lipinski definition) is 2. The Hall–Kier alpha value is -2.14. The highest BCUT2D eigenvalue weighted by atomic mass is 16.1. The molecule has 3 rings (SSSR count). The molecular weight excluding hydrogens is 222 g/mol. The van der Waals surface area contributed by atoms with Crippen molar-refractivity contribution in [2.45, 2.75) is 19.8 Å². The number of hydrogen-bond donors (Lipinski definition) is 0. The van der Waals surface area contributed by atoms with Crippen LogP contribution in [-0.4, -0.2) is 5.78 Å². The van der Waals surface area contributed by atoms with Gasteiger partial charge >= 0.3 is 0 Å². The van der Waals surface area contributed by atoms with E-state index in [2.05, 4.69) is 12.1 Å². The topological polar surface area (TPSA) is 40.9 Å². The van der Waals surface area contributed by atoms with Crippen LogP contribution in [-0.2, 0) is 0 Å². The first kappa shape index (κ1) is 11.0. The lowest BCUT2D eigenvalue weighted by Gasteiger charge is -2.06. The number of fused-ring (bicyclic) bond motifs is 1. The summed E-state index contributed by atoms with van der Waals surface area (Å²) in [6, 6.07) is 14.0. The molecule has 0 N–H and O–H groups in total. The van der Waals surface area contributed by atoms with Gasteiger partial charge in [0, 0.05) is 5.56 Å². The standard InChI is InChI=1S/C16H13NO/c1-11-2-3-13-9-14(5-4-12(13)8-11)15(18)16(10-17)6-7-16/h2-5,8-9H,6-7H2,1H3. The predicted octanol–water partition coefficient (Wildman–Crippen LogP) is 3.63. The molecule has 0 radical (unpaired) electrons. The van der Waals surface area contributed by atoms with Gasteiger partial charge in [-0.1, -0.05) is 35.9 Å². The Kier molecular flexibility index (Phi) is 2.24. The fraction of sp³-hybridized carbons (Fsp3) is 0.250. The number of Topliss-reactive ketones (excluding diaryl/α,β-unsaturated/α-hetero) is 1. The van der Waals surface area contributed by atoms with Crippen LogP contribution in [0.15, 0.2) is 36.4 Å². The van der Waals surface area contributed by atoms with Crippen molar-refractivity contribution in [1.82, 2.24) is 0 Å². The lowest BCUT2D eigenvalue weighted by Crippen LogP contribution is -2.13. The second-order valence-electron chi connectivity index (χ2n) is 5.09. The minimum atomic E-state index is -0.724. The van der Waals surface area contributed by atoms with E-state index < -0.39 is 5.41 Å². The predicted molar refractivity (Wildman–Crippen MR) is 70.3 cm³/mol. The van der Waals surface area contributed by atoms with Crippen LogP contribution >= 0.6 is 0 Å². The van der Waals surface area contributed by atoms with Crippen molar-refractivity contribution in [1.29, 1.82) is 5.26 Å². The van der Waals surface area contributed by atoms with Gasteiger partial charge in [0.15, 0.2) is 5.78 Å². The van der Waals surface area contributed by atoms with E-state index in [-0.39, 0.29) is 5.78 Å². The van der Waals surface area contributed by atoms with Crippen LogP contribution in [0, 0.1) is 23.7 Å². The fourth-order valence-electron chi connectivity index (χ4n) is 2.30. The van der Waals surface area contributed by atoms with Crippen LogP contribution in [0.25, 0.3) is 10.8 Å². The quantitative estimate of drug-likeness (QED) is 0.746. The molecular formula is C16H13NO. The average molecular weight is 235 g/mol. The molecule has 0 amide bonds. The highest BCUT2D eigenvalue weighted by Crippen LogP contribution is 2.47. The summed E-state index contributed by atoms with van der Waals surface area (Å²) in [6.45, 7) is 2.05. The van der Waals surface area contributed by atoms with Crippen LogP contribution in [0.1, 0.15) is 28.8 Å². The van der Waals surface area contributed by atoms with Crippen LogP contribution in [0.3, 0.4) is 0 Å². The van der Waals surface area contributed by atoms with Gasteiger partial charge in [-0.3, -0.25) is 4.79 Å². The maximum atomic E-state index is 12.2. The Morgan fingerprint density at radius 2 is 1.83 bits per heavy atom. The number of rotatable bonds is 2. The Bertz CT molecular complexity index is 690. The number of nitrogens with zero attached hydrogens (tertiary/aromatic N) is 1. The first-order valence-corrected chi connectivity index (χ1v) is 6.11. The third kappa shape index (κ3) is 1.60. The molecule has 2 nitrogen and oxygen atoms in total. The van der Waals surface area contributed by atoms with Crippen LogP contribution < -0.4 is 0 Å². The minimum absolute atomic E-state index is 0.0209. The van der Waals surface area contributed by atoms with Crippen LogP contribution in [0.4, 0.5) is 0 Å². The molecule has 0 aliphatic heterocycles. The molecule has 0 aromatic heterocycles. The second-order valence-corrected chi connectivity index (χ2v) is 5.09. The number of nitriles is 1. The van der Waals surface area contributed by atoms with Gasteiger partial charge in [-0.15, -0.1) is 0 Å². The summed E-state index contributed by atoms with van der Waals surface area (Å²) < 4.78 is 0. The zero-order valence-electron chi connectivity index (χ0n) is 10.2. The van der Waals surface area contributed by atoms with Gasteiger partial charge in [-0.2, -0.15) is 5.26 Å². The molecule has 1 saturated carbocycles. The van der Waals surface area contributed by atoms with Gasteiger partial charge in [0.2, 0.25) is 0 Å². The molecule has 0 bridgehead atoms. The third-order valence-corrected chi connectivity index (χ3v) is 3.66. The van der Waals surface area contributed by atoms with E-state index in [1.54, 1.807) is 0 Å². The van der Waals surface area contributed by atoms with Crippen molar-refractivity contribution in [3.05, 3.63) is 47.5 Å². The highest BCUT2D eigenvalue weighted by molar-refractivity contribution is 6.06. The number of benzene rings is 2. The van der Waals surface area contributed by atoms with E-state index in [1.807, 2.05) is 37.3 Å². The van der Waals surface area contributed by atoms with E-state index in [1.165, 1.54) is 5.56 Å². The minimum Gasteiger partial charge on any atom is -0.292 e. The molecule has 1 aliphatic carbocycles. The highest BCUT2D eigenvalue weighted by Gasteiger charge is 2.50. The first-order valence-electron chi connectivity index (χ1n) is 6.11. The maximum Gasteiger partial charge on any atom is 0.183 e. The summed E-state index contributed by atoms with van der Waals surface area (Å²) in [7, 11) is 0. The molecule has 1 aliphatic rings. The Balaban J connectivity index is 2.07. The van der Waals surface area contributed by atoms with Gasteiger partial charge in [-0.25, -0.2) is 0 Å². The van der Waals surface area contributed by atoms with Crippen molar-refractivity contribution in [3.8, 4) is 6.07 Å². The number of carbonyl (C=O) groups is 1. The first-order chi connectivity index (χ1) is 8.64. The van der Waals surface area contributed by atoms with E-state index in [0.29, 0.717) is 18.4 Å². The summed E-state index contributed by atoms with van der Waals surface area (Å²) in [6.07, 6.45) is 1.41. The Morgan fingerprint density at radius 3 is 2.50 bits per heavy atom. The monoisotopic (exact) mass is 235 g/mol. The zero-order chi connectivity index (χ0) is 12.8. The molecule has 0 spiro atoms. The van der Waals surface area contributed by atoms with Crippen LogP contribution in [0.5, 0.6) is 0 Å². The SMILES string of the molecule is Cc1ccc2cc(C(=O)C3(C#N)CC3)ccc2c1. The van der Waals surface area contributed by atoms with Crippen molar-refractivity contribution in [3.63, 3.8) is 0 Å². The molecule has 2 aromatic rings. The molecule has 1 fully saturated rings. The van der Waals surface area contributed by atoms with E-state index in [0.717, 1.165) is 10.8 Å². The van der Waals surface area contributed by atoms with Gasteiger partial charge in [0.25, 0.3) is 0 Å². The maximum absolute atomic E-state index is 12.2. The third-order valence-electron chi connectivity index (χ3n) is 3.66. The lowest BCUT2D eigenvalue weighted by molar-refractivity contribution is 0.0935. The van der Waals surface area contributed by atoms with E-state index in [4.69, 9.17) is 5.26 Å². The molecule has 2 heteroatoms. The number of aryl methyl sites for hydroxylation is 1. The molecule has 18 heavy (non-hydrogen) atoms. The summed E-state index contributed by atoms with van der Waals surface area (Å²) >= 11 is 0. The largest absolute Gasteiger partial charge is 0.292 e. The number of ketones is 1. The normalized spacial score (nSPS) is 16.2. The zero-order valence-corrected chi connectivity index (χ0v) is 10.2. The van der Waals surface area contributed by atoms with Gasteiger partial charge in [0.1, 0.15) is 5.41 Å². The second kappa shape index (κ2) is 3.68. The summed E-state index contributed by atoms with van der Waals surface area (Å²) in [5, 5.41) is 11.3. The Morgan fingerprint density at radius 1 is 1.17 bits per heavy atom.